The van der Waals surface area contributed by atoms with Crippen molar-refractivity contribution in [3.05, 3.63) is 40.2 Å². The molecule has 0 saturated carbocycles. The number of rotatable bonds is 9. The van der Waals surface area contributed by atoms with Gasteiger partial charge in [-0.2, -0.15) is 4.98 Å². The van der Waals surface area contributed by atoms with Crippen molar-refractivity contribution >= 4 is 47.3 Å². The molecule has 0 radical (unpaired) electrons. The summed E-state index contributed by atoms with van der Waals surface area (Å²) in [7, 11) is 1.74. The van der Waals surface area contributed by atoms with E-state index in [2.05, 4.69) is 20.6 Å². The first-order valence-electron chi connectivity index (χ1n) is 10.1. The molecule has 2 atom stereocenters. The Morgan fingerprint density at radius 2 is 2.03 bits per heavy atom. The number of anilines is 4. The van der Waals surface area contributed by atoms with Crippen LogP contribution in [0.1, 0.15) is 23.2 Å². The van der Waals surface area contributed by atoms with E-state index in [1.807, 2.05) is 0 Å². The number of nitrogens with two attached hydrogens (primary N) is 1. The highest BCUT2D eigenvalue weighted by Gasteiger charge is 2.32. The number of nitrogens with one attached hydrogen (secondary N) is 4. The predicted molar refractivity (Wildman–Crippen MR) is 123 cm³/mol. The van der Waals surface area contributed by atoms with Crippen molar-refractivity contribution in [1.29, 1.82) is 5.41 Å². The van der Waals surface area contributed by atoms with Crippen molar-refractivity contribution in [2.24, 2.45) is 0 Å². The Balaban J connectivity index is 1.75. The number of hydrogen-bond acceptors (Lipinski definition) is 9. The lowest BCUT2D eigenvalue weighted by molar-refractivity contribution is -0.140. The summed E-state index contributed by atoms with van der Waals surface area (Å²) in [6.07, 6.45) is -0.108. The van der Waals surface area contributed by atoms with Gasteiger partial charge in [0, 0.05) is 24.7 Å². The second kappa shape index (κ2) is 9.89. The molecule has 0 bridgehead atoms. The summed E-state index contributed by atoms with van der Waals surface area (Å²) in [6.45, 7) is 0.306. The van der Waals surface area contributed by atoms with Crippen LogP contribution in [-0.2, 0) is 9.59 Å². The number of H-pyrrole nitrogens is 1. The lowest BCUT2D eigenvalue weighted by atomic mass is 10.1. The third-order valence-corrected chi connectivity index (χ3v) is 5.32. The lowest BCUT2D eigenvalue weighted by Crippen LogP contribution is -2.55. The van der Waals surface area contributed by atoms with E-state index in [9.17, 15) is 24.3 Å². The molecule has 0 aliphatic carbocycles. The van der Waals surface area contributed by atoms with E-state index in [-0.39, 0.29) is 29.4 Å². The number of carboxylic acids is 2. The summed E-state index contributed by atoms with van der Waals surface area (Å²) in [5.41, 5.74) is 6.07. The summed E-state index contributed by atoms with van der Waals surface area (Å²) >= 11 is 0. The van der Waals surface area contributed by atoms with Gasteiger partial charge in [0.05, 0.1) is 12.9 Å². The Morgan fingerprint density at radius 3 is 2.62 bits per heavy atom. The monoisotopic (exact) mass is 472 g/mol. The molecule has 180 valence electrons. The van der Waals surface area contributed by atoms with Crippen molar-refractivity contribution < 1.29 is 24.6 Å². The SMILES string of the molecule is CN(c1ccc(C(=O)N[C@@H](CCC(=O)O)C(=O)O)cc1)C1CNc2nc(N)[nH]c(=O)c2N1C=N. The molecule has 1 aliphatic heterocycles. The van der Waals surface area contributed by atoms with Crippen LogP contribution in [0.15, 0.2) is 29.1 Å². The minimum Gasteiger partial charge on any atom is -0.481 e. The Bertz CT molecular complexity index is 1160. The number of carboxylic acid groups (broad SMARTS) is 2. The predicted octanol–water partition coefficient (Wildman–Crippen LogP) is -0.299. The molecule has 8 N–H and O–H groups in total. The van der Waals surface area contributed by atoms with Crippen molar-refractivity contribution in [3.8, 4) is 0 Å². The lowest BCUT2D eigenvalue weighted by Gasteiger charge is -2.40. The van der Waals surface area contributed by atoms with Gasteiger partial charge in [-0.25, -0.2) is 4.79 Å². The van der Waals surface area contributed by atoms with Crippen molar-refractivity contribution in [1.82, 2.24) is 15.3 Å². The van der Waals surface area contributed by atoms with Gasteiger partial charge in [0.25, 0.3) is 11.5 Å². The molecule has 34 heavy (non-hydrogen) atoms. The van der Waals surface area contributed by atoms with Crippen molar-refractivity contribution in [3.63, 3.8) is 0 Å². The number of benzene rings is 1. The van der Waals surface area contributed by atoms with Crippen LogP contribution in [0.3, 0.4) is 0 Å². The summed E-state index contributed by atoms with van der Waals surface area (Å²) in [5.74, 6) is -2.93. The van der Waals surface area contributed by atoms with E-state index in [4.69, 9.17) is 16.2 Å². The highest BCUT2D eigenvalue weighted by molar-refractivity contribution is 5.97. The van der Waals surface area contributed by atoms with Crippen molar-refractivity contribution in [2.45, 2.75) is 25.0 Å². The molecule has 0 fully saturated rings. The molecule has 14 heteroatoms. The van der Waals surface area contributed by atoms with E-state index in [0.717, 1.165) is 6.34 Å². The van der Waals surface area contributed by atoms with Gasteiger partial charge in [0.1, 0.15) is 12.2 Å². The summed E-state index contributed by atoms with van der Waals surface area (Å²) in [6, 6.07) is 4.91. The highest BCUT2D eigenvalue weighted by Crippen LogP contribution is 2.28. The molecule has 0 spiro atoms. The van der Waals surface area contributed by atoms with Crippen LogP contribution in [0.5, 0.6) is 0 Å². The van der Waals surface area contributed by atoms with Gasteiger partial charge in [-0.1, -0.05) is 0 Å². The zero-order valence-electron chi connectivity index (χ0n) is 18.1. The first-order chi connectivity index (χ1) is 16.1. The minimum absolute atomic E-state index is 0.0463. The van der Waals surface area contributed by atoms with Crippen LogP contribution >= 0.6 is 0 Å². The highest BCUT2D eigenvalue weighted by atomic mass is 16.4. The molecule has 14 nitrogen and oxygen atoms in total. The molecule has 1 aliphatic rings. The quantitative estimate of drug-likeness (QED) is 0.185. The third-order valence-electron chi connectivity index (χ3n) is 5.32. The van der Waals surface area contributed by atoms with Gasteiger partial charge in [-0.15, -0.1) is 0 Å². The van der Waals surface area contributed by atoms with E-state index in [1.54, 1.807) is 24.1 Å². The molecule has 3 rings (SSSR count). The van der Waals surface area contributed by atoms with Gasteiger partial charge in [-0.3, -0.25) is 24.8 Å². The van der Waals surface area contributed by atoms with Crippen LogP contribution in [-0.4, -0.2) is 70.2 Å². The van der Waals surface area contributed by atoms with Gasteiger partial charge >= 0.3 is 11.9 Å². The van der Waals surface area contributed by atoms with Gasteiger partial charge < -0.3 is 36.4 Å². The van der Waals surface area contributed by atoms with E-state index in [0.29, 0.717) is 12.2 Å². The topological polar surface area (TPSA) is 218 Å². The molecule has 1 aromatic carbocycles. The van der Waals surface area contributed by atoms with E-state index in [1.165, 1.54) is 17.0 Å². The number of nitrogen functional groups attached to an aromatic ring is 1. The summed E-state index contributed by atoms with van der Waals surface area (Å²) in [4.78, 5) is 56.5. The molecule has 1 aromatic heterocycles. The van der Waals surface area contributed by atoms with Gasteiger partial charge in [0.15, 0.2) is 11.5 Å². The van der Waals surface area contributed by atoms with Crippen LogP contribution in [0.4, 0.5) is 23.1 Å². The number of aliphatic carboxylic acids is 2. The number of likely N-dealkylation sites (N-methyl/N-ethyl adjacent to an activating group) is 1. The Morgan fingerprint density at radius 1 is 1.35 bits per heavy atom. The Hall–Kier alpha value is -4.62. The van der Waals surface area contributed by atoms with Crippen LogP contribution in [0.2, 0.25) is 0 Å². The van der Waals surface area contributed by atoms with Crippen LogP contribution < -0.4 is 31.7 Å². The molecule has 2 heterocycles. The number of carbonyl (C=O) groups excluding carboxylic acids is 1. The largest absolute Gasteiger partial charge is 0.481 e. The standard InChI is InChI=1S/C20H24N8O6/c1-27(13-8-23-16-15(28(13)9-21)18(32)26-20(22)25-16)11-4-2-10(3-5-11)17(31)24-12(19(33)34)6-7-14(29)30/h2-5,9,12-13,21H,6-8H2,1H3,(H,24,31)(H,29,30)(H,33,34)(H4,22,23,25,26,32)/t12-,13?/m0/s1. The summed E-state index contributed by atoms with van der Waals surface area (Å²) < 4.78 is 0. The normalized spacial score (nSPS) is 15.4. The van der Waals surface area contributed by atoms with Gasteiger partial charge in [-0.05, 0) is 30.7 Å². The Kier molecular flexibility index (Phi) is 6.99. The number of fused-ring (bicyclic) bond motifs is 1. The maximum Gasteiger partial charge on any atom is 0.326 e. The summed E-state index contributed by atoms with van der Waals surface area (Å²) in [5, 5.41) is 31.1. The van der Waals surface area contributed by atoms with Crippen LogP contribution in [0, 0.1) is 5.41 Å². The average molecular weight is 472 g/mol. The molecular weight excluding hydrogens is 448 g/mol. The fourth-order valence-corrected chi connectivity index (χ4v) is 3.54. The number of aromatic amines is 1. The molecule has 1 amide bonds. The van der Waals surface area contributed by atoms with Crippen molar-refractivity contribution in [2.75, 3.05) is 34.4 Å². The molecule has 1 unspecified atom stereocenters. The number of hydrogen-bond donors (Lipinski definition) is 7. The zero-order valence-corrected chi connectivity index (χ0v) is 18.1. The number of aromatic nitrogens is 2. The first-order valence-corrected chi connectivity index (χ1v) is 10.1. The maximum atomic E-state index is 12.4. The zero-order chi connectivity index (χ0) is 25.0. The smallest absolute Gasteiger partial charge is 0.326 e. The fraction of sp³-hybridized carbons (Fsp3) is 0.300. The van der Waals surface area contributed by atoms with Crippen LogP contribution in [0.25, 0.3) is 0 Å². The molecular formula is C20H24N8O6. The first kappa shape index (κ1) is 24.0. The number of carbonyl (C=O) groups is 3. The number of amides is 1. The maximum absolute atomic E-state index is 12.4. The molecule has 0 saturated heterocycles. The third kappa shape index (κ3) is 5.06. The fourth-order valence-electron chi connectivity index (χ4n) is 3.54. The average Bonchev–Trinajstić information content (AvgIpc) is 2.79. The van der Waals surface area contributed by atoms with Gasteiger partial charge in [0.2, 0.25) is 5.95 Å². The Labute approximate surface area is 192 Å². The second-order valence-electron chi connectivity index (χ2n) is 7.50. The number of nitrogens with zero attached hydrogens (tertiary/aromatic N) is 3. The van der Waals surface area contributed by atoms with E-state index < -0.39 is 42.0 Å². The minimum atomic E-state index is -1.33. The second-order valence-corrected chi connectivity index (χ2v) is 7.50. The molecule has 2 aromatic rings. The van der Waals surface area contributed by atoms with E-state index >= 15 is 0 Å².